The summed E-state index contributed by atoms with van der Waals surface area (Å²) in [6, 6.07) is 3.73. The molecule has 0 saturated heterocycles. The third-order valence-electron chi connectivity index (χ3n) is 1.38. The molecule has 4 heteroatoms. The monoisotopic (exact) mass is 185 g/mol. The first-order valence-corrected chi connectivity index (χ1v) is 4.27. The van der Waals surface area contributed by atoms with Crippen molar-refractivity contribution in [2.75, 3.05) is 6.54 Å². The minimum absolute atomic E-state index is 0.530. The molecule has 12 heavy (non-hydrogen) atoms. The lowest BCUT2D eigenvalue weighted by atomic mass is 10.3. The van der Waals surface area contributed by atoms with E-state index >= 15 is 0 Å². The van der Waals surface area contributed by atoms with Gasteiger partial charge in [0.2, 0.25) is 0 Å². The van der Waals surface area contributed by atoms with Gasteiger partial charge in [0, 0.05) is 19.3 Å². The predicted molar refractivity (Wildman–Crippen MR) is 49.8 cm³/mol. The van der Waals surface area contributed by atoms with E-state index in [0.717, 1.165) is 18.7 Å². The quantitative estimate of drug-likeness (QED) is 0.423. The van der Waals surface area contributed by atoms with Crippen molar-refractivity contribution in [2.24, 2.45) is 0 Å². The third-order valence-corrected chi connectivity index (χ3v) is 1.61. The van der Waals surface area contributed by atoms with Crippen LogP contribution in [0.5, 0.6) is 0 Å². The van der Waals surface area contributed by atoms with Crippen molar-refractivity contribution in [3.8, 4) is 0 Å². The van der Waals surface area contributed by atoms with Crippen LogP contribution in [0.2, 0.25) is 5.15 Å². The summed E-state index contributed by atoms with van der Waals surface area (Å²) in [6.45, 7) is 3.70. The summed E-state index contributed by atoms with van der Waals surface area (Å²) in [4.78, 5) is 3.96. The van der Waals surface area contributed by atoms with Crippen molar-refractivity contribution >= 4 is 11.6 Å². The highest BCUT2D eigenvalue weighted by Crippen LogP contribution is 2.04. The molecule has 0 saturated carbocycles. The summed E-state index contributed by atoms with van der Waals surface area (Å²) in [5.74, 6) is 0. The van der Waals surface area contributed by atoms with Crippen LogP contribution in [0.1, 0.15) is 12.5 Å². The summed E-state index contributed by atoms with van der Waals surface area (Å²) >= 11 is 5.63. The number of pyridine rings is 1. The molecule has 1 aromatic heterocycles. The van der Waals surface area contributed by atoms with Gasteiger partial charge in [-0.1, -0.05) is 24.6 Å². The Labute approximate surface area is 77.1 Å². The lowest BCUT2D eigenvalue weighted by Crippen LogP contribution is -2.30. The van der Waals surface area contributed by atoms with Crippen molar-refractivity contribution in [2.45, 2.75) is 13.5 Å². The van der Waals surface area contributed by atoms with Gasteiger partial charge >= 0.3 is 0 Å². The fourth-order valence-electron chi connectivity index (χ4n) is 0.801. The van der Waals surface area contributed by atoms with E-state index < -0.39 is 0 Å². The van der Waals surface area contributed by atoms with Crippen LogP contribution in [0, 0.1) is 0 Å². The molecule has 66 valence electrons. The van der Waals surface area contributed by atoms with E-state index in [-0.39, 0.29) is 0 Å². The summed E-state index contributed by atoms with van der Waals surface area (Å²) in [5.41, 5.74) is 7.15. The molecular formula is C8H12ClN3. The lowest BCUT2D eigenvalue weighted by Gasteiger charge is -2.03. The Morgan fingerprint density at radius 2 is 2.25 bits per heavy atom. The van der Waals surface area contributed by atoms with Crippen LogP contribution in [0.15, 0.2) is 18.3 Å². The molecule has 0 radical (unpaired) electrons. The van der Waals surface area contributed by atoms with Crippen molar-refractivity contribution in [1.29, 1.82) is 0 Å². The number of hydrazine groups is 1. The van der Waals surface area contributed by atoms with Crippen LogP contribution >= 0.6 is 11.6 Å². The van der Waals surface area contributed by atoms with Gasteiger partial charge < -0.3 is 0 Å². The minimum atomic E-state index is 0.530. The first-order valence-electron chi connectivity index (χ1n) is 3.89. The summed E-state index contributed by atoms with van der Waals surface area (Å²) in [5, 5.41) is 0.530. The number of halogens is 1. The van der Waals surface area contributed by atoms with Crippen molar-refractivity contribution in [3.63, 3.8) is 0 Å². The van der Waals surface area contributed by atoms with Crippen LogP contribution in [0.25, 0.3) is 0 Å². The van der Waals surface area contributed by atoms with Gasteiger partial charge in [0.05, 0.1) is 0 Å². The zero-order valence-electron chi connectivity index (χ0n) is 6.97. The molecule has 0 aliphatic rings. The Morgan fingerprint density at radius 1 is 1.42 bits per heavy atom. The molecule has 1 heterocycles. The van der Waals surface area contributed by atoms with Gasteiger partial charge in [-0.25, -0.2) is 4.98 Å². The maximum atomic E-state index is 5.63. The van der Waals surface area contributed by atoms with Gasteiger partial charge in [-0.3, -0.25) is 10.9 Å². The van der Waals surface area contributed by atoms with Crippen LogP contribution in [-0.4, -0.2) is 11.5 Å². The first-order chi connectivity index (χ1) is 5.83. The highest BCUT2D eigenvalue weighted by Gasteiger charge is 1.91. The van der Waals surface area contributed by atoms with Gasteiger partial charge in [-0.15, -0.1) is 0 Å². The van der Waals surface area contributed by atoms with E-state index in [9.17, 15) is 0 Å². The molecule has 0 aliphatic heterocycles. The molecule has 0 spiro atoms. The zero-order chi connectivity index (χ0) is 8.81. The number of aromatic nitrogens is 1. The number of hydrogen-bond acceptors (Lipinski definition) is 3. The predicted octanol–water partition coefficient (Wildman–Crippen LogP) is 1.35. The standard InChI is InChI=1S/C8H12ClN3/c1-2-11-12-6-7-3-4-8(9)10-5-7/h3-5,11-12H,2,6H2,1H3. The number of nitrogens with one attached hydrogen (secondary N) is 2. The molecule has 0 fully saturated rings. The first kappa shape index (κ1) is 9.45. The van der Waals surface area contributed by atoms with Crippen molar-refractivity contribution in [1.82, 2.24) is 15.8 Å². The van der Waals surface area contributed by atoms with E-state index in [4.69, 9.17) is 11.6 Å². The van der Waals surface area contributed by atoms with Gasteiger partial charge in [0.25, 0.3) is 0 Å². The SMILES string of the molecule is CCNNCc1ccc(Cl)nc1. The van der Waals surface area contributed by atoms with Gasteiger partial charge in [0.1, 0.15) is 5.15 Å². The number of rotatable bonds is 4. The fourth-order valence-corrected chi connectivity index (χ4v) is 0.912. The average molecular weight is 186 g/mol. The molecule has 3 nitrogen and oxygen atoms in total. The summed E-state index contributed by atoms with van der Waals surface area (Å²) in [7, 11) is 0. The lowest BCUT2D eigenvalue weighted by molar-refractivity contribution is 0.550. The van der Waals surface area contributed by atoms with Crippen LogP contribution in [0.4, 0.5) is 0 Å². The molecule has 0 bridgehead atoms. The molecule has 1 rings (SSSR count). The van der Waals surface area contributed by atoms with Gasteiger partial charge in [-0.05, 0) is 11.6 Å². The molecule has 0 amide bonds. The normalized spacial score (nSPS) is 10.2. The molecule has 0 atom stereocenters. The largest absolute Gasteiger partial charge is 0.258 e. The van der Waals surface area contributed by atoms with Crippen molar-refractivity contribution in [3.05, 3.63) is 29.0 Å². The molecule has 0 aliphatic carbocycles. The maximum absolute atomic E-state index is 5.63. The van der Waals surface area contributed by atoms with E-state index in [2.05, 4.69) is 15.8 Å². The molecular weight excluding hydrogens is 174 g/mol. The van der Waals surface area contributed by atoms with Gasteiger partial charge in [0.15, 0.2) is 0 Å². The fraction of sp³-hybridized carbons (Fsp3) is 0.375. The highest BCUT2D eigenvalue weighted by molar-refractivity contribution is 6.29. The van der Waals surface area contributed by atoms with Crippen LogP contribution in [0.3, 0.4) is 0 Å². The van der Waals surface area contributed by atoms with Crippen molar-refractivity contribution < 1.29 is 0 Å². The Morgan fingerprint density at radius 3 is 2.83 bits per heavy atom. The summed E-state index contributed by atoms with van der Waals surface area (Å²) in [6.07, 6.45) is 1.76. The van der Waals surface area contributed by atoms with E-state index in [1.54, 1.807) is 12.3 Å². The second-order valence-electron chi connectivity index (χ2n) is 2.37. The van der Waals surface area contributed by atoms with E-state index in [1.807, 2.05) is 13.0 Å². The van der Waals surface area contributed by atoms with Crippen LogP contribution < -0.4 is 10.9 Å². The zero-order valence-corrected chi connectivity index (χ0v) is 7.73. The Bertz CT molecular complexity index is 222. The van der Waals surface area contributed by atoms with E-state index in [1.165, 1.54) is 0 Å². The average Bonchev–Trinajstić information content (AvgIpc) is 2.09. The number of hydrogen-bond donors (Lipinski definition) is 2. The molecule has 1 aromatic rings. The second kappa shape index (κ2) is 5.09. The Balaban J connectivity index is 2.37. The molecule has 0 aromatic carbocycles. The summed E-state index contributed by atoms with van der Waals surface area (Å²) < 4.78 is 0. The molecule has 0 unspecified atom stereocenters. The smallest absolute Gasteiger partial charge is 0.129 e. The molecule has 2 N–H and O–H groups in total. The van der Waals surface area contributed by atoms with Gasteiger partial charge in [-0.2, -0.15) is 0 Å². The topological polar surface area (TPSA) is 37.0 Å². The Hall–Kier alpha value is -0.640. The number of nitrogens with zero attached hydrogens (tertiary/aromatic N) is 1. The van der Waals surface area contributed by atoms with Crippen LogP contribution in [-0.2, 0) is 6.54 Å². The minimum Gasteiger partial charge on any atom is -0.258 e. The van der Waals surface area contributed by atoms with E-state index in [0.29, 0.717) is 5.15 Å². The Kier molecular flexibility index (Phi) is 4.00. The highest BCUT2D eigenvalue weighted by atomic mass is 35.5. The second-order valence-corrected chi connectivity index (χ2v) is 2.76. The third kappa shape index (κ3) is 3.17. The maximum Gasteiger partial charge on any atom is 0.129 e.